The number of pyridine rings is 2. The lowest BCUT2D eigenvalue weighted by molar-refractivity contribution is -0.384. The number of nitro benzene ring substituents is 1. The molecule has 3 aromatic heterocycles. The zero-order valence-corrected chi connectivity index (χ0v) is 39.2. The van der Waals surface area contributed by atoms with Crippen molar-refractivity contribution < 1.29 is 32.3 Å². The number of ether oxygens (including phenoxy) is 3. The molecule has 4 atom stereocenters. The number of rotatable bonds is 11. The summed E-state index contributed by atoms with van der Waals surface area (Å²) in [6.45, 7) is 8.10. The molecule has 1 saturated carbocycles. The Labute approximate surface area is 399 Å². The third-order valence-corrected chi connectivity index (χ3v) is 16.4. The molecule has 3 aromatic carbocycles. The molecule has 0 unspecified atom stereocenters. The predicted molar refractivity (Wildman–Crippen MR) is 259 cm³/mol. The summed E-state index contributed by atoms with van der Waals surface area (Å²) < 4.78 is 49.1. The Morgan fingerprint density at radius 1 is 1.00 bits per heavy atom. The van der Waals surface area contributed by atoms with E-state index in [9.17, 15) is 23.3 Å². The highest BCUT2D eigenvalue weighted by atomic mass is 32.2. The zero-order chi connectivity index (χ0) is 47.2. The second-order valence-electron chi connectivity index (χ2n) is 19.8. The lowest BCUT2D eigenvalue weighted by Gasteiger charge is -2.62. The number of aromatic amines is 1. The normalized spacial score (nSPS) is 22.8. The molecule has 5 aliphatic heterocycles. The lowest BCUT2D eigenvalue weighted by Crippen LogP contribution is -2.66. The van der Waals surface area contributed by atoms with Crippen LogP contribution in [0.3, 0.4) is 0 Å². The van der Waals surface area contributed by atoms with Crippen molar-refractivity contribution in [3.63, 3.8) is 0 Å². The molecule has 1 aliphatic carbocycles. The quantitative estimate of drug-likeness (QED) is 0.0847. The summed E-state index contributed by atoms with van der Waals surface area (Å²) in [6.07, 6.45) is 8.10. The molecule has 0 radical (unpaired) electrons. The Bertz CT molecular complexity index is 3120. The zero-order valence-electron chi connectivity index (χ0n) is 38.3. The second-order valence-corrected chi connectivity index (χ2v) is 21.5. The smallest absolute Gasteiger partial charge is 0.297 e. The van der Waals surface area contributed by atoms with Gasteiger partial charge in [-0.2, -0.15) is 4.98 Å². The summed E-state index contributed by atoms with van der Waals surface area (Å²) in [7, 11) is -4.70. The van der Waals surface area contributed by atoms with Crippen LogP contribution >= 0.6 is 0 Å². The SMILES string of the molecule is CC(C)c1ccccc1[C@@H]1CCCN1C1CC2(C1)CN(c1ccc(C(=O)NS(=O)(=O)c3cc4c(c([N+](=O)[O-])c3)N[C@H](Cc3ccccn3)CO4)c(N3c4cc5cc[nH]c5nc4O[C@@H]4COC[C@H]43)c1)C2. The van der Waals surface area contributed by atoms with Gasteiger partial charge in [-0.1, -0.05) is 44.2 Å². The van der Waals surface area contributed by atoms with Crippen molar-refractivity contribution in [1.29, 1.82) is 0 Å². The minimum absolute atomic E-state index is 0.0121. The molecule has 3 saturated heterocycles. The van der Waals surface area contributed by atoms with Crippen LogP contribution in [0, 0.1) is 15.5 Å². The summed E-state index contributed by atoms with van der Waals surface area (Å²) in [4.78, 5) is 45.4. The van der Waals surface area contributed by atoms with Gasteiger partial charge in [-0.05, 0) is 91.7 Å². The molecule has 6 aliphatic rings. The van der Waals surface area contributed by atoms with Crippen LogP contribution in [0.15, 0.2) is 102 Å². The first kappa shape index (κ1) is 43.5. The van der Waals surface area contributed by atoms with Crippen LogP contribution in [0.1, 0.15) is 78.7 Å². The molecule has 12 rings (SSSR count). The molecule has 356 valence electrons. The van der Waals surface area contributed by atoms with E-state index >= 15 is 0 Å². The number of likely N-dealkylation sites (tertiary alicyclic amines) is 1. The molecule has 69 heavy (non-hydrogen) atoms. The molecular weight excluding hydrogens is 899 g/mol. The van der Waals surface area contributed by atoms with Gasteiger partial charge in [-0.3, -0.25) is 24.8 Å². The van der Waals surface area contributed by atoms with Gasteiger partial charge in [-0.15, -0.1) is 0 Å². The maximum Gasteiger partial charge on any atom is 0.297 e. The van der Waals surface area contributed by atoms with Gasteiger partial charge in [0, 0.05) is 78.3 Å². The van der Waals surface area contributed by atoms with Crippen LogP contribution in [0.5, 0.6) is 11.6 Å². The minimum atomic E-state index is -4.70. The van der Waals surface area contributed by atoms with Gasteiger partial charge in [0.25, 0.3) is 21.6 Å². The number of nitro groups is 1. The largest absolute Gasteiger partial charge is 0.489 e. The number of hydrogen-bond donors (Lipinski definition) is 3. The number of carbonyl (C=O) groups excluding carboxylic acids is 1. The Morgan fingerprint density at radius 3 is 2.65 bits per heavy atom. The van der Waals surface area contributed by atoms with Crippen LogP contribution in [-0.4, -0.2) is 103 Å². The van der Waals surface area contributed by atoms with E-state index in [0.717, 1.165) is 55.3 Å². The summed E-state index contributed by atoms with van der Waals surface area (Å²) in [6, 6.07) is 26.2. The Morgan fingerprint density at radius 2 is 1.84 bits per heavy atom. The average molecular weight is 952 g/mol. The van der Waals surface area contributed by atoms with E-state index in [0.29, 0.717) is 60.5 Å². The fourth-order valence-electron chi connectivity index (χ4n) is 11.8. The van der Waals surface area contributed by atoms with E-state index < -0.39 is 37.5 Å². The monoisotopic (exact) mass is 951 g/mol. The molecule has 17 nitrogen and oxygen atoms in total. The van der Waals surface area contributed by atoms with Crippen LogP contribution in [0.2, 0.25) is 0 Å². The van der Waals surface area contributed by atoms with E-state index in [1.165, 1.54) is 30.0 Å². The van der Waals surface area contributed by atoms with Crippen molar-refractivity contribution in [2.45, 2.75) is 87.0 Å². The summed E-state index contributed by atoms with van der Waals surface area (Å²) in [5.41, 5.74) is 6.11. The average Bonchev–Trinajstić information content (AvgIpc) is 4.11. The van der Waals surface area contributed by atoms with E-state index in [-0.39, 0.29) is 41.1 Å². The molecule has 6 aromatic rings. The van der Waals surface area contributed by atoms with Gasteiger partial charge < -0.3 is 34.3 Å². The molecule has 1 amide bonds. The highest BCUT2D eigenvalue weighted by molar-refractivity contribution is 7.90. The summed E-state index contributed by atoms with van der Waals surface area (Å²) >= 11 is 0. The fraction of sp³-hybridized carbons (Fsp3) is 0.392. The van der Waals surface area contributed by atoms with E-state index in [1.807, 2.05) is 41.3 Å². The maximum atomic E-state index is 14.7. The van der Waals surface area contributed by atoms with Crippen LogP contribution in [0.4, 0.5) is 28.4 Å². The predicted octanol–water partition coefficient (Wildman–Crippen LogP) is 7.63. The topological polar surface area (TPSA) is 197 Å². The van der Waals surface area contributed by atoms with Gasteiger partial charge >= 0.3 is 0 Å². The maximum absolute atomic E-state index is 14.7. The number of H-pyrrole nitrogens is 1. The molecule has 1 spiro atoms. The number of aromatic nitrogens is 3. The van der Waals surface area contributed by atoms with E-state index in [2.05, 4.69) is 67.9 Å². The van der Waals surface area contributed by atoms with Gasteiger partial charge in [0.1, 0.15) is 24.0 Å². The van der Waals surface area contributed by atoms with Crippen molar-refractivity contribution in [1.82, 2.24) is 24.6 Å². The number of fused-ring (bicyclic) bond motifs is 4. The standard InChI is InChI=1S/C51H53N9O8S/c1-30(2)37-9-3-4-10-38(37)40-11-7-17-58(40)35-23-51(24-35)28-57(29-51)34-12-13-39(41(20-34)59-43-18-31-14-16-53-48(31)55-50(43)68-46-27-66-26-44(46)59)49(61)56-69(64,65)36-21-42(60(62)63)47-45(22-36)67-25-33(54-47)19-32-8-5-6-15-52-32/h3-6,8-10,12-16,18,20-22,30,33,35,40,44,46,54H,7,11,17,19,23-29H2,1-2H3,(H,53,55)(H,56,61)/t33-,40+,44-,46-/m1/s1. The molecule has 3 N–H and O–H groups in total. The minimum Gasteiger partial charge on any atom is -0.489 e. The number of amides is 1. The van der Waals surface area contributed by atoms with Crippen molar-refractivity contribution in [3.05, 3.63) is 130 Å². The van der Waals surface area contributed by atoms with Crippen molar-refractivity contribution in [2.75, 3.05) is 54.6 Å². The van der Waals surface area contributed by atoms with E-state index in [4.69, 9.17) is 19.2 Å². The summed E-state index contributed by atoms with van der Waals surface area (Å²) in [5.74, 6) is -0.0948. The first-order valence-electron chi connectivity index (χ1n) is 23.8. The van der Waals surface area contributed by atoms with Crippen molar-refractivity contribution in [2.24, 2.45) is 5.41 Å². The Kier molecular flexibility index (Phi) is 10.6. The second kappa shape index (κ2) is 16.7. The Balaban J connectivity index is 0.839. The number of anilines is 4. The molecule has 8 heterocycles. The third kappa shape index (κ3) is 7.68. The first-order chi connectivity index (χ1) is 33.4. The van der Waals surface area contributed by atoms with E-state index in [1.54, 1.807) is 24.5 Å². The number of hydrogen-bond acceptors (Lipinski definition) is 14. The highest BCUT2D eigenvalue weighted by Crippen LogP contribution is 2.55. The Hall–Kier alpha value is -6.76. The van der Waals surface area contributed by atoms with Crippen LogP contribution in [-0.2, 0) is 21.2 Å². The number of nitrogens with one attached hydrogen (secondary N) is 3. The molecule has 18 heteroatoms. The van der Waals surface area contributed by atoms with Crippen molar-refractivity contribution >= 4 is 55.4 Å². The third-order valence-electron chi connectivity index (χ3n) is 15.1. The first-order valence-corrected chi connectivity index (χ1v) is 25.3. The van der Waals surface area contributed by atoms with Crippen molar-refractivity contribution in [3.8, 4) is 11.6 Å². The number of nitrogens with zero attached hydrogens (tertiary/aromatic N) is 6. The van der Waals surface area contributed by atoms with Crippen LogP contribution in [0.25, 0.3) is 11.0 Å². The van der Waals surface area contributed by atoms with Gasteiger partial charge in [0.2, 0.25) is 5.88 Å². The van der Waals surface area contributed by atoms with Gasteiger partial charge in [0.15, 0.2) is 11.4 Å². The van der Waals surface area contributed by atoms with Gasteiger partial charge in [0.05, 0.1) is 46.4 Å². The molecular formula is C51H53N9O8S. The molecule has 4 fully saturated rings. The van der Waals surface area contributed by atoms with Crippen LogP contribution < -0.4 is 29.3 Å². The number of benzene rings is 3. The fourth-order valence-corrected chi connectivity index (χ4v) is 12.8. The van der Waals surface area contributed by atoms with Gasteiger partial charge in [-0.25, -0.2) is 13.1 Å². The summed E-state index contributed by atoms with van der Waals surface area (Å²) in [5, 5.41) is 16.5. The lowest BCUT2D eigenvalue weighted by atomic mass is 9.60. The highest BCUT2D eigenvalue weighted by Gasteiger charge is 2.55. The number of sulfonamides is 1. The number of carbonyl (C=O) groups is 1. The molecule has 0 bridgehead atoms.